The Hall–Kier alpha value is -1.00. The van der Waals surface area contributed by atoms with Gasteiger partial charge in [-0.1, -0.05) is 6.07 Å². The van der Waals surface area contributed by atoms with E-state index in [9.17, 15) is 4.39 Å². The molecular formula is C11H17ClFNO2. The Morgan fingerprint density at radius 2 is 2.00 bits per heavy atom. The van der Waals surface area contributed by atoms with Crippen molar-refractivity contribution in [1.82, 2.24) is 0 Å². The topological polar surface area (TPSA) is 44.5 Å². The van der Waals surface area contributed by atoms with Gasteiger partial charge in [0.15, 0.2) is 0 Å². The maximum Gasteiger partial charge on any atom is 0.127 e. The highest BCUT2D eigenvalue weighted by Gasteiger charge is 2.12. The quantitative estimate of drug-likeness (QED) is 0.872. The van der Waals surface area contributed by atoms with E-state index >= 15 is 0 Å². The molecule has 0 aliphatic carbocycles. The lowest BCUT2D eigenvalue weighted by molar-refractivity contribution is 0.382. The molecule has 2 N–H and O–H groups in total. The molecule has 0 aliphatic heterocycles. The van der Waals surface area contributed by atoms with Crippen molar-refractivity contribution in [3.8, 4) is 11.5 Å². The summed E-state index contributed by atoms with van der Waals surface area (Å²) in [7, 11) is 3.14. The van der Waals surface area contributed by atoms with Gasteiger partial charge in [0.05, 0.1) is 20.9 Å². The second-order valence-electron chi connectivity index (χ2n) is 3.19. The van der Waals surface area contributed by atoms with Crippen molar-refractivity contribution in [3.63, 3.8) is 0 Å². The van der Waals surface area contributed by atoms with Crippen LogP contribution in [0.5, 0.6) is 11.5 Å². The fourth-order valence-electron chi connectivity index (χ4n) is 1.40. The van der Waals surface area contributed by atoms with Gasteiger partial charge in [-0.2, -0.15) is 0 Å². The molecule has 0 heterocycles. The Kier molecular flexibility index (Phi) is 6.85. The molecule has 0 saturated heterocycles. The van der Waals surface area contributed by atoms with E-state index in [-0.39, 0.29) is 18.4 Å². The average molecular weight is 250 g/mol. The zero-order chi connectivity index (χ0) is 11.3. The first-order chi connectivity index (χ1) is 7.22. The van der Waals surface area contributed by atoms with Gasteiger partial charge >= 0.3 is 0 Å². The van der Waals surface area contributed by atoms with Crippen LogP contribution in [0.15, 0.2) is 18.2 Å². The lowest BCUT2D eigenvalue weighted by atomic mass is 10.0. The Labute approximate surface area is 101 Å². The number of alkyl halides is 1. The number of benzene rings is 1. The summed E-state index contributed by atoms with van der Waals surface area (Å²) >= 11 is 0. The third-order valence-corrected chi connectivity index (χ3v) is 2.26. The first-order valence-corrected chi connectivity index (χ1v) is 4.76. The Morgan fingerprint density at radius 3 is 2.50 bits per heavy atom. The van der Waals surface area contributed by atoms with Gasteiger partial charge in [-0.05, 0) is 12.5 Å². The minimum atomic E-state index is -0.434. The van der Waals surface area contributed by atoms with Crippen LogP contribution in [0, 0.1) is 0 Å². The van der Waals surface area contributed by atoms with E-state index in [4.69, 9.17) is 15.2 Å². The van der Waals surface area contributed by atoms with Crippen LogP contribution in [0.2, 0.25) is 0 Å². The van der Waals surface area contributed by atoms with Crippen molar-refractivity contribution in [2.24, 2.45) is 5.73 Å². The van der Waals surface area contributed by atoms with Crippen molar-refractivity contribution < 1.29 is 13.9 Å². The van der Waals surface area contributed by atoms with Crippen LogP contribution in [0.1, 0.15) is 18.0 Å². The summed E-state index contributed by atoms with van der Waals surface area (Å²) < 4.78 is 22.4. The van der Waals surface area contributed by atoms with E-state index in [0.29, 0.717) is 17.9 Å². The van der Waals surface area contributed by atoms with Gasteiger partial charge < -0.3 is 15.2 Å². The lowest BCUT2D eigenvalue weighted by Gasteiger charge is -2.15. The molecule has 0 bridgehead atoms. The highest BCUT2D eigenvalue weighted by Crippen LogP contribution is 2.29. The highest BCUT2D eigenvalue weighted by atomic mass is 35.5. The van der Waals surface area contributed by atoms with Crippen molar-refractivity contribution in [3.05, 3.63) is 23.8 Å². The predicted octanol–water partition coefficient (Wildman–Crippen LogP) is 2.49. The molecule has 1 rings (SSSR count). The van der Waals surface area contributed by atoms with E-state index in [2.05, 4.69) is 0 Å². The molecule has 0 aromatic heterocycles. The van der Waals surface area contributed by atoms with Crippen molar-refractivity contribution in [2.45, 2.75) is 12.5 Å². The van der Waals surface area contributed by atoms with Gasteiger partial charge in [-0.3, -0.25) is 4.39 Å². The predicted molar refractivity (Wildman–Crippen MR) is 64.3 cm³/mol. The summed E-state index contributed by atoms with van der Waals surface area (Å²) in [6.07, 6.45) is 0.294. The summed E-state index contributed by atoms with van der Waals surface area (Å²) in [6, 6.07) is 5.00. The van der Waals surface area contributed by atoms with Crippen LogP contribution in [-0.4, -0.2) is 20.9 Å². The van der Waals surface area contributed by atoms with Gasteiger partial charge in [0.2, 0.25) is 0 Å². The molecule has 1 aromatic carbocycles. The van der Waals surface area contributed by atoms with Gasteiger partial charge in [-0.15, -0.1) is 12.4 Å². The van der Waals surface area contributed by atoms with Crippen LogP contribution < -0.4 is 15.2 Å². The number of nitrogens with two attached hydrogens (primary N) is 1. The summed E-state index contributed by atoms with van der Waals surface area (Å²) in [6.45, 7) is -0.434. The molecule has 0 unspecified atom stereocenters. The van der Waals surface area contributed by atoms with Crippen LogP contribution in [0.3, 0.4) is 0 Å². The molecule has 3 nitrogen and oxygen atoms in total. The summed E-state index contributed by atoms with van der Waals surface area (Å²) in [5, 5.41) is 0. The fourth-order valence-corrected chi connectivity index (χ4v) is 1.40. The number of hydrogen-bond donors (Lipinski definition) is 1. The third kappa shape index (κ3) is 3.54. The maximum absolute atomic E-state index is 12.2. The molecule has 5 heteroatoms. The SMILES string of the molecule is COc1ccc([C@H](N)CCF)c(OC)c1.Cl. The summed E-state index contributed by atoms with van der Waals surface area (Å²) in [5.41, 5.74) is 6.61. The minimum absolute atomic E-state index is 0. The highest BCUT2D eigenvalue weighted by molar-refractivity contribution is 5.85. The van der Waals surface area contributed by atoms with Crippen LogP contribution >= 0.6 is 12.4 Å². The maximum atomic E-state index is 12.2. The molecule has 1 aromatic rings. The molecular weight excluding hydrogens is 233 g/mol. The Morgan fingerprint density at radius 1 is 1.31 bits per heavy atom. The monoisotopic (exact) mass is 249 g/mol. The zero-order valence-corrected chi connectivity index (χ0v) is 10.2. The van der Waals surface area contributed by atoms with E-state index in [0.717, 1.165) is 5.56 Å². The van der Waals surface area contributed by atoms with E-state index < -0.39 is 6.67 Å². The minimum Gasteiger partial charge on any atom is -0.497 e. The van der Waals surface area contributed by atoms with Gasteiger partial charge in [0.1, 0.15) is 11.5 Å². The first kappa shape index (κ1) is 15.0. The van der Waals surface area contributed by atoms with Gasteiger partial charge in [0, 0.05) is 17.7 Å². The number of hydrogen-bond acceptors (Lipinski definition) is 3. The Balaban J connectivity index is 0.00000225. The summed E-state index contributed by atoms with van der Waals surface area (Å²) in [5.74, 6) is 1.33. The number of methoxy groups -OCH3 is 2. The van der Waals surface area contributed by atoms with E-state index in [1.165, 1.54) is 0 Å². The molecule has 0 radical (unpaired) electrons. The molecule has 0 spiro atoms. The molecule has 0 aliphatic rings. The van der Waals surface area contributed by atoms with Gasteiger partial charge in [0.25, 0.3) is 0 Å². The first-order valence-electron chi connectivity index (χ1n) is 4.76. The van der Waals surface area contributed by atoms with Crippen LogP contribution in [0.4, 0.5) is 4.39 Å². The van der Waals surface area contributed by atoms with E-state index in [1.54, 1.807) is 32.4 Å². The van der Waals surface area contributed by atoms with Crippen molar-refractivity contribution in [2.75, 3.05) is 20.9 Å². The second-order valence-corrected chi connectivity index (χ2v) is 3.19. The molecule has 92 valence electrons. The largest absolute Gasteiger partial charge is 0.497 e. The average Bonchev–Trinajstić information content (AvgIpc) is 2.28. The molecule has 0 saturated carbocycles. The van der Waals surface area contributed by atoms with Crippen LogP contribution in [0.25, 0.3) is 0 Å². The molecule has 16 heavy (non-hydrogen) atoms. The summed E-state index contributed by atoms with van der Waals surface area (Å²) in [4.78, 5) is 0. The fraction of sp³-hybridized carbons (Fsp3) is 0.455. The molecule has 0 fully saturated rings. The van der Waals surface area contributed by atoms with Crippen molar-refractivity contribution >= 4 is 12.4 Å². The molecule has 0 amide bonds. The normalized spacial score (nSPS) is 11.5. The number of halogens is 2. The van der Waals surface area contributed by atoms with Gasteiger partial charge in [-0.25, -0.2) is 0 Å². The number of rotatable bonds is 5. The third-order valence-electron chi connectivity index (χ3n) is 2.26. The van der Waals surface area contributed by atoms with E-state index in [1.807, 2.05) is 0 Å². The standard InChI is InChI=1S/C11H16FNO2.ClH/c1-14-8-3-4-9(10(13)5-6-12)11(7-8)15-2;/h3-4,7,10H,5-6,13H2,1-2H3;1H/t10-;/m1./s1. The zero-order valence-electron chi connectivity index (χ0n) is 9.40. The number of ether oxygens (including phenoxy) is 2. The molecule has 1 atom stereocenters. The van der Waals surface area contributed by atoms with Crippen LogP contribution in [-0.2, 0) is 0 Å². The second kappa shape index (κ2) is 7.30. The van der Waals surface area contributed by atoms with Crippen molar-refractivity contribution in [1.29, 1.82) is 0 Å². The smallest absolute Gasteiger partial charge is 0.127 e. The Bertz CT molecular complexity index is 323. The lowest BCUT2D eigenvalue weighted by Crippen LogP contribution is -2.12.